The van der Waals surface area contributed by atoms with Crippen molar-refractivity contribution < 1.29 is 22.7 Å². The zero-order valence-electron chi connectivity index (χ0n) is 20.7. The number of alkyl halides is 3. The summed E-state index contributed by atoms with van der Waals surface area (Å²) in [6.07, 6.45) is -2.70. The number of carbonyl (C=O) groups excluding carboxylic acids is 1. The predicted molar refractivity (Wildman–Crippen MR) is 135 cm³/mol. The van der Waals surface area contributed by atoms with E-state index in [0.717, 1.165) is 17.9 Å². The van der Waals surface area contributed by atoms with Gasteiger partial charge in [0.15, 0.2) is 5.82 Å². The van der Waals surface area contributed by atoms with Crippen LogP contribution in [-0.2, 0) is 0 Å². The van der Waals surface area contributed by atoms with Crippen LogP contribution in [0.1, 0.15) is 44.0 Å². The predicted octanol–water partition coefficient (Wildman–Crippen LogP) is 5.66. The Morgan fingerprint density at radius 3 is 2.57 bits per heavy atom. The van der Waals surface area contributed by atoms with Crippen LogP contribution in [0.2, 0.25) is 0 Å². The number of nitrogens with zero attached hydrogens (tertiary/aromatic N) is 4. The molecular formula is C26H28F3N5O2S. The molecule has 3 aromatic rings. The van der Waals surface area contributed by atoms with Crippen LogP contribution < -0.4 is 14.4 Å². The average molecular weight is 532 g/mol. The molecule has 3 atom stereocenters. The number of hydrogen-bond acceptors (Lipinski definition) is 6. The van der Waals surface area contributed by atoms with Crippen molar-refractivity contribution in [1.29, 1.82) is 0 Å². The minimum atomic E-state index is -4.27. The van der Waals surface area contributed by atoms with E-state index in [-0.39, 0.29) is 23.7 Å². The molecule has 1 N–H and O–H groups in total. The Balaban J connectivity index is 1.40. The van der Waals surface area contributed by atoms with E-state index in [1.165, 1.54) is 22.7 Å². The highest BCUT2D eigenvalue weighted by Crippen LogP contribution is 2.46. The molecule has 11 heteroatoms. The highest BCUT2D eigenvalue weighted by atomic mass is 32.2. The molecule has 1 unspecified atom stereocenters. The molecule has 37 heavy (non-hydrogen) atoms. The standard InChI is InChI=1S/C26H28F3N5O2S/c1-16-14-25(2,3)33(15-16)23-18(24(35)32-37-17-7-5-4-6-8-17)9-10-21(30-23)34-12-11-22(31-34)36-20-13-19(20)26(27,28)29/h4-12,16,19-20H,13-15H2,1-3H3,(H,32,35)/t16-,19+,20?/m0/s1. The summed E-state index contributed by atoms with van der Waals surface area (Å²) >= 11 is 1.23. The van der Waals surface area contributed by atoms with E-state index in [1.54, 1.807) is 18.3 Å². The van der Waals surface area contributed by atoms with Crippen LogP contribution in [0.15, 0.2) is 59.6 Å². The van der Waals surface area contributed by atoms with Gasteiger partial charge in [-0.3, -0.25) is 9.52 Å². The largest absolute Gasteiger partial charge is 0.473 e. The summed E-state index contributed by atoms with van der Waals surface area (Å²) in [4.78, 5) is 21.1. The first-order valence-electron chi connectivity index (χ1n) is 12.1. The summed E-state index contributed by atoms with van der Waals surface area (Å²) in [5, 5.41) is 4.29. The number of ether oxygens (including phenoxy) is 1. The van der Waals surface area contributed by atoms with Gasteiger partial charge in [-0.1, -0.05) is 25.1 Å². The van der Waals surface area contributed by atoms with Gasteiger partial charge in [-0.15, -0.1) is 5.10 Å². The van der Waals surface area contributed by atoms with Gasteiger partial charge >= 0.3 is 6.18 Å². The maximum Gasteiger partial charge on any atom is 0.395 e. The van der Waals surface area contributed by atoms with Crippen molar-refractivity contribution in [1.82, 2.24) is 19.5 Å². The first-order chi connectivity index (χ1) is 17.5. The van der Waals surface area contributed by atoms with Gasteiger partial charge in [0.1, 0.15) is 11.9 Å². The molecule has 1 saturated heterocycles. The van der Waals surface area contributed by atoms with Gasteiger partial charge in [0.25, 0.3) is 5.91 Å². The van der Waals surface area contributed by atoms with Gasteiger partial charge in [0, 0.05) is 29.2 Å². The van der Waals surface area contributed by atoms with Crippen LogP contribution >= 0.6 is 11.9 Å². The van der Waals surface area contributed by atoms with Crippen molar-refractivity contribution >= 4 is 23.7 Å². The second-order valence-electron chi connectivity index (χ2n) is 10.3. The molecule has 7 nitrogen and oxygen atoms in total. The quantitative estimate of drug-likeness (QED) is 0.397. The van der Waals surface area contributed by atoms with Crippen molar-refractivity contribution in [2.45, 2.75) is 56.3 Å². The van der Waals surface area contributed by atoms with E-state index < -0.39 is 18.2 Å². The minimum absolute atomic E-state index is 0.0637. The van der Waals surface area contributed by atoms with Crippen LogP contribution in [0.5, 0.6) is 5.88 Å². The third-order valence-corrected chi connectivity index (χ3v) is 7.46. The lowest BCUT2D eigenvalue weighted by Gasteiger charge is -2.34. The fourth-order valence-corrected chi connectivity index (χ4v) is 5.47. The number of amides is 1. The topological polar surface area (TPSA) is 72.3 Å². The lowest BCUT2D eigenvalue weighted by Crippen LogP contribution is -2.40. The van der Waals surface area contributed by atoms with Crippen molar-refractivity contribution in [3.63, 3.8) is 0 Å². The van der Waals surface area contributed by atoms with E-state index in [9.17, 15) is 18.0 Å². The minimum Gasteiger partial charge on any atom is -0.473 e. The van der Waals surface area contributed by atoms with Crippen LogP contribution in [0.4, 0.5) is 19.0 Å². The molecule has 2 aliphatic rings. The van der Waals surface area contributed by atoms with Crippen LogP contribution in [0.3, 0.4) is 0 Å². The summed E-state index contributed by atoms with van der Waals surface area (Å²) < 4.78 is 48.3. The highest BCUT2D eigenvalue weighted by Gasteiger charge is 2.58. The molecule has 1 aromatic carbocycles. The maximum absolute atomic E-state index is 13.2. The zero-order valence-corrected chi connectivity index (χ0v) is 21.5. The van der Waals surface area contributed by atoms with E-state index in [4.69, 9.17) is 9.72 Å². The first-order valence-corrected chi connectivity index (χ1v) is 12.9. The molecule has 0 bridgehead atoms. The smallest absolute Gasteiger partial charge is 0.395 e. The molecule has 1 saturated carbocycles. The van der Waals surface area contributed by atoms with E-state index >= 15 is 0 Å². The van der Waals surface area contributed by atoms with Gasteiger partial charge in [-0.05, 0) is 68.8 Å². The Labute approximate surface area is 217 Å². The molecule has 1 aliphatic heterocycles. The van der Waals surface area contributed by atoms with Crippen molar-refractivity contribution in [2.75, 3.05) is 11.4 Å². The first kappa shape index (κ1) is 25.4. The number of anilines is 1. The van der Waals surface area contributed by atoms with Gasteiger partial charge in [0.05, 0.1) is 11.5 Å². The Morgan fingerprint density at radius 2 is 1.92 bits per heavy atom. The number of pyridine rings is 1. The second-order valence-corrected chi connectivity index (χ2v) is 11.1. The zero-order chi connectivity index (χ0) is 26.4. The maximum atomic E-state index is 13.2. The second kappa shape index (κ2) is 9.59. The number of halogens is 3. The van der Waals surface area contributed by atoms with Crippen molar-refractivity contribution in [3.8, 4) is 11.7 Å². The molecular weight excluding hydrogens is 503 g/mol. The Kier molecular flexibility index (Phi) is 6.59. The molecule has 0 radical (unpaired) electrons. The van der Waals surface area contributed by atoms with Crippen molar-refractivity contribution in [2.24, 2.45) is 11.8 Å². The van der Waals surface area contributed by atoms with E-state index in [1.807, 2.05) is 30.3 Å². The molecule has 1 amide bonds. The number of hydrogen-bond donors (Lipinski definition) is 1. The molecule has 3 heterocycles. The number of rotatable bonds is 7. The highest BCUT2D eigenvalue weighted by molar-refractivity contribution is 7.98. The summed E-state index contributed by atoms with van der Waals surface area (Å²) in [5.74, 6) is -0.217. The number of benzene rings is 1. The number of aromatic nitrogens is 3. The summed E-state index contributed by atoms with van der Waals surface area (Å²) in [6, 6.07) is 14.4. The van der Waals surface area contributed by atoms with Crippen molar-refractivity contribution in [3.05, 3.63) is 60.3 Å². The monoisotopic (exact) mass is 531 g/mol. The van der Waals surface area contributed by atoms with Crippen LogP contribution in [0, 0.1) is 11.8 Å². The molecule has 196 valence electrons. The normalized spacial score (nSPS) is 22.6. The molecule has 0 spiro atoms. The molecule has 2 aromatic heterocycles. The fourth-order valence-electron chi connectivity index (χ4n) is 4.86. The Bertz CT molecular complexity index is 1280. The third kappa shape index (κ3) is 5.56. The fraction of sp³-hybridized carbons (Fsp3) is 0.423. The summed E-state index contributed by atoms with van der Waals surface area (Å²) in [7, 11) is 0. The van der Waals surface area contributed by atoms with Gasteiger partial charge in [-0.25, -0.2) is 9.67 Å². The number of carbonyl (C=O) groups is 1. The molecule has 2 fully saturated rings. The van der Waals surface area contributed by atoms with Crippen LogP contribution in [-0.4, -0.2) is 45.0 Å². The molecule has 1 aliphatic carbocycles. The summed E-state index contributed by atoms with van der Waals surface area (Å²) in [5.41, 5.74) is 0.216. The lowest BCUT2D eigenvalue weighted by atomic mass is 9.97. The molecule has 5 rings (SSSR count). The SMILES string of the molecule is C[C@@H]1CN(c2nc(-n3ccc(OC4C[C@H]4C(F)(F)F)n3)ccc2C(=O)NSc2ccccc2)C(C)(C)C1. The summed E-state index contributed by atoms with van der Waals surface area (Å²) in [6.45, 7) is 7.15. The van der Waals surface area contributed by atoms with E-state index in [0.29, 0.717) is 23.1 Å². The Hall–Kier alpha value is -3.21. The van der Waals surface area contributed by atoms with Crippen LogP contribution in [0.25, 0.3) is 5.82 Å². The lowest BCUT2D eigenvalue weighted by molar-refractivity contribution is -0.153. The third-order valence-electron chi connectivity index (χ3n) is 6.66. The average Bonchev–Trinajstić information content (AvgIpc) is 3.38. The van der Waals surface area contributed by atoms with Gasteiger partial charge < -0.3 is 9.64 Å². The number of nitrogens with one attached hydrogen (secondary N) is 1. The van der Waals surface area contributed by atoms with E-state index in [2.05, 4.69) is 35.5 Å². The van der Waals surface area contributed by atoms with Gasteiger partial charge in [-0.2, -0.15) is 13.2 Å². The Morgan fingerprint density at radius 1 is 1.16 bits per heavy atom. The van der Waals surface area contributed by atoms with Gasteiger partial charge in [0.2, 0.25) is 5.88 Å².